The number of piperidine rings is 1. The molecule has 6 heteroatoms. The molecule has 0 aromatic heterocycles. The van der Waals surface area contributed by atoms with Gasteiger partial charge in [-0.3, -0.25) is 0 Å². The van der Waals surface area contributed by atoms with Crippen molar-refractivity contribution in [2.24, 2.45) is 5.92 Å². The maximum Gasteiger partial charge on any atom is 0.211 e. The number of rotatable bonds is 5. The highest BCUT2D eigenvalue weighted by molar-refractivity contribution is 7.89. The lowest BCUT2D eigenvalue weighted by atomic mass is 9.84. The zero-order valence-electron chi connectivity index (χ0n) is 10.2. The Bertz CT molecular complexity index is 311. The molecule has 1 saturated carbocycles. The summed E-state index contributed by atoms with van der Waals surface area (Å²) < 4.78 is 26.4. The van der Waals surface area contributed by atoms with E-state index in [1.807, 2.05) is 0 Å². The maximum absolute atomic E-state index is 11.8. The molecule has 102 valence electrons. The van der Waals surface area contributed by atoms with Gasteiger partial charge in [-0.1, -0.05) is 19.3 Å². The molecule has 1 heterocycles. The molecule has 0 bridgehead atoms. The summed E-state index contributed by atoms with van der Waals surface area (Å²) in [7, 11) is -3.04. The van der Waals surface area contributed by atoms with E-state index in [4.69, 9.17) is 0 Å². The second kappa shape index (κ2) is 6.92. The Kier molecular flexibility index (Phi) is 6.20. The summed E-state index contributed by atoms with van der Waals surface area (Å²) in [5.41, 5.74) is 0. The first kappa shape index (κ1) is 15.2. The molecular weight excluding hydrogens is 260 g/mol. The van der Waals surface area contributed by atoms with Gasteiger partial charge in [0.2, 0.25) is 10.0 Å². The van der Waals surface area contributed by atoms with Gasteiger partial charge in [0.1, 0.15) is 0 Å². The molecule has 0 aromatic carbocycles. The SMILES string of the molecule is Cl.O=S(=O)(CCC1CCC1)NC1CCCNC1. The number of halogens is 1. The average molecular weight is 283 g/mol. The summed E-state index contributed by atoms with van der Waals surface area (Å²) in [6.07, 6.45) is 6.60. The molecule has 1 unspecified atom stereocenters. The molecule has 0 aromatic rings. The lowest BCUT2D eigenvalue weighted by Gasteiger charge is -2.26. The van der Waals surface area contributed by atoms with Crippen LogP contribution in [-0.2, 0) is 10.0 Å². The molecule has 2 fully saturated rings. The van der Waals surface area contributed by atoms with Gasteiger partial charge in [-0.2, -0.15) is 0 Å². The van der Waals surface area contributed by atoms with E-state index < -0.39 is 10.0 Å². The minimum atomic E-state index is -3.04. The fraction of sp³-hybridized carbons (Fsp3) is 1.00. The Morgan fingerprint density at radius 2 is 1.94 bits per heavy atom. The number of hydrogen-bond donors (Lipinski definition) is 2. The normalized spacial score (nSPS) is 26.0. The van der Waals surface area contributed by atoms with E-state index in [0.29, 0.717) is 11.7 Å². The molecule has 1 aliphatic carbocycles. The van der Waals surface area contributed by atoms with E-state index in [2.05, 4.69) is 10.0 Å². The fourth-order valence-electron chi connectivity index (χ4n) is 2.37. The minimum absolute atomic E-state index is 0. The Morgan fingerprint density at radius 1 is 1.18 bits per heavy atom. The van der Waals surface area contributed by atoms with Gasteiger partial charge in [-0.25, -0.2) is 13.1 Å². The Labute approximate surface area is 110 Å². The molecule has 1 aliphatic heterocycles. The summed E-state index contributed by atoms with van der Waals surface area (Å²) in [6, 6.07) is 0.111. The first-order valence-electron chi connectivity index (χ1n) is 6.36. The Balaban J connectivity index is 0.00000144. The van der Waals surface area contributed by atoms with Crippen molar-refractivity contribution in [3.05, 3.63) is 0 Å². The third-order valence-corrected chi connectivity index (χ3v) is 5.13. The fourth-order valence-corrected chi connectivity index (χ4v) is 3.84. The predicted octanol–water partition coefficient (Wildman–Crippen LogP) is 1.27. The van der Waals surface area contributed by atoms with E-state index in [9.17, 15) is 8.42 Å². The van der Waals surface area contributed by atoms with Crippen LogP contribution in [0, 0.1) is 5.92 Å². The summed E-state index contributed by atoms with van der Waals surface area (Å²) in [6.45, 7) is 1.79. The van der Waals surface area contributed by atoms with Crippen molar-refractivity contribution >= 4 is 22.4 Å². The number of nitrogens with one attached hydrogen (secondary N) is 2. The molecule has 0 spiro atoms. The highest BCUT2D eigenvalue weighted by Gasteiger charge is 2.23. The largest absolute Gasteiger partial charge is 0.315 e. The van der Waals surface area contributed by atoms with Gasteiger partial charge in [0.15, 0.2) is 0 Å². The van der Waals surface area contributed by atoms with Gasteiger partial charge in [0.25, 0.3) is 0 Å². The molecule has 1 atom stereocenters. The van der Waals surface area contributed by atoms with Crippen LogP contribution in [0.1, 0.15) is 38.5 Å². The predicted molar refractivity (Wildman–Crippen MR) is 72.0 cm³/mol. The van der Waals surface area contributed by atoms with Crippen molar-refractivity contribution in [2.75, 3.05) is 18.8 Å². The second-order valence-electron chi connectivity index (χ2n) is 5.07. The van der Waals surface area contributed by atoms with Crippen LogP contribution in [0.15, 0.2) is 0 Å². The molecule has 17 heavy (non-hydrogen) atoms. The zero-order chi connectivity index (χ0) is 11.4. The van der Waals surface area contributed by atoms with Crippen molar-refractivity contribution < 1.29 is 8.42 Å². The van der Waals surface area contributed by atoms with Crippen LogP contribution >= 0.6 is 12.4 Å². The van der Waals surface area contributed by atoms with Gasteiger partial charge < -0.3 is 5.32 Å². The third kappa shape index (κ3) is 5.12. The second-order valence-corrected chi connectivity index (χ2v) is 6.94. The van der Waals surface area contributed by atoms with Crippen LogP contribution in [0.2, 0.25) is 0 Å². The minimum Gasteiger partial charge on any atom is -0.315 e. The standard InChI is InChI=1S/C11H22N2O2S.ClH/c14-16(15,8-6-10-3-1-4-10)13-11-5-2-7-12-9-11;/h10-13H,1-9H2;1H. The molecule has 0 amide bonds. The zero-order valence-corrected chi connectivity index (χ0v) is 11.8. The average Bonchev–Trinajstić information content (AvgIpc) is 2.15. The van der Waals surface area contributed by atoms with Crippen molar-refractivity contribution in [2.45, 2.75) is 44.6 Å². The van der Waals surface area contributed by atoms with E-state index in [-0.39, 0.29) is 18.4 Å². The summed E-state index contributed by atoms with van der Waals surface area (Å²) in [5, 5.41) is 3.22. The number of sulfonamides is 1. The van der Waals surface area contributed by atoms with Crippen LogP contribution in [0.4, 0.5) is 0 Å². The van der Waals surface area contributed by atoms with Gasteiger partial charge >= 0.3 is 0 Å². The van der Waals surface area contributed by atoms with Crippen LogP contribution in [0.5, 0.6) is 0 Å². The summed E-state index contributed by atoms with van der Waals surface area (Å²) in [4.78, 5) is 0. The van der Waals surface area contributed by atoms with Gasteiger partial charge in [-0.05, 0) is 31.7 Å². The molecule has 0 radical (unpaired) electrons. The van der Waals surface area contributed by atoms with Crippen molar-refractivity contribution in [1.82, 2.24) is 10.0 Å². The molecular formula is C11H23ClN2O2S. The monoisotopic (exact) mass is 282 g/mol. The van der Waals surface area contributed by atoms with Crippen molar-refractivity contribution in [3.63, 3.8) is 0 Å². The Hall–Kier alpha value is 0.160. The van der Waals surface area contributed by atoms with Crippen molar-refractivity contribution in [1.29, 1.82) is 0 Å². The van der Waals surface area contributed by atoms with Crippen LogP contribution < -0.4 is 10.0 Å². The molecule has 2 N–H and O–H groups in total. The molecule has 1 saturated heterocycles. The first-order valence-corrected chi connectivity index (χ1v) is 8.02. The molecule has 2 rings (SSSR count). The maximum atomic E-state index is 11.8. The van der Waals surface area contributed by atoms with Gasteiger partial charge in [0.05, 0.1) is 5.75 Å². The lowest BCUT2D eigenvalue weighted by molar-refractivity contribution is 0.307. The van der Waals surface area contributed by atoms with E-state index in [1.165, 1.54) is 19.3 Å². The highest BCUT2D eigenvalue weighted by Crippen LogP contribution is 2.29. The number of hydrogen-bond acceptors (Lipinski definition) is 3. The van der Waals surface area contributed by atoms with Crippen molar-refractivity contribution in [3.8, 4) is 0 Å². The summed E-state index contributed by atoms with van der Waals surface area (Å²) >= 11 is 0. The Morgan fingerprint density at radius 3 is 2.47 bits per heavy atom. The lowest BCUT2D eigenvalue weighted by Crippen LogP contribution is -2.46. The van der Waals surface area contributed by atoms with Crippen LogP contribution in [-0.4, -0.2) is 33.3 Å². The van der Waals surface area contributed by atoms with Crippen LogP contribution in [0.25, 0.3) is 0 Å². The molecule has 2 aliphatic rings. The highest BCUT2D eigenvalue weighted by atomic mass is 35.5. The first-order chi connectivity index (χ1) is 7.66. The van der Waals surface area contributed by atoms with E-state index >= 15 is 0 Å². The third-order valence-electron chi connectivity index (χ3n) is 3.66. The van der Waals surface area contributed by atoms with Gasteiger partial charge in [-0.15, -0.1) is 12.4 Å². The van der Waals surface area contributed by atoms with E-state index in [1.54, 1.807) is 0 Å². The topological polar surface area (TPSA) is 58.2 Å². The smallest absolute Gasteiger partial charge is 0.211 e. The quantitative estimate of drug-likeness (QED) is 0.798. The molecule has 4 nitrogen and oxygen atoms in total. The summed E-state index contributed by atoms with van der Waals surface area (Å²) in [5.74, 6) is 0.981. The van der Waals surface area contributed by atoms with E-state index in [0.717, 1.165) is 32.4 Å². The van der Waals surface area contributed by atoms with Crippen LogP contribution in [0.3, 0.4) is 0 Å². The van der Waals surface area contributed by atoms with Gasteiger partial charge in [0, 0.05) is 12.6 Å².